The van der Waals surface area contributed by atoms with Gasteiger partial charge in [0.05, 0.1) is 12.1 Å². The number of aryl methyl sites for hydroxylation is 1. The van der Waals surface area contributed by atoms with E-state index in [-0.39, 0.29) is 48.1 Å². The summed E-state index contributed by atoms with van der Waals surface area (Å²) in [6.07, 6.45) is 7.93. The van der Waals surface area contributed by atoms with Crippen LogP contribution in [0.1, 0.15) is 82.9 Å². The quantitative estimate of drug-likeness (QED) is 0.515. The number of likely N-dealkylation sites (tertiary alicyclic amines) is 1. The van der Waals surface area contributed by atoms with Crippen molar-refractivity contribution in [3.63, 3.8) is 0 Å². The lowest BCUT2D eigenvalue weighted by atomic mass is 9.84. The van der Waals surface area contributed by atoms with E-state index in [2.05, 4.69) is 34.1 Å². The van der Waals surface area contributed by atoms with E-state index in [1.54, 1.807) is 14.0 Å². The van der Waals surface area contributed by atoms with E-state index in [1.165, 1.54) is 11.1 Å². The SMILES string of the molecule is CNC(C)C(=O)NC(C(=O)N1C(C(=O)NC2CCCc3ccccc32)CC2CCCCC21)C(C)C.Cl. The number of likely N-dealkylation sites (N-methyl/N-ethyl adjacent to an activating group) is 1. The first-order valence-corrected chi connectivity index (χ1v) is 13.5. The van der Waals surface area contributed by atoms with Gasteiger partial charge < -0.3 is 20.9 Å². The topological polar surface area (TPSA) is 90.5 Å². The highest BCUT2D eigenvalue weighted by atomic mass is 35.5. The maximum Gasteiger partial charge on any atom is 0.246 e. The van der Waals surface area contributed by atoms with Crippen LogP contribution in [-0.4, -0.2) is 53.8 Å². The van der Waals surface area contributed by atoms with Gasteiger partial charge in [0.2, 0.25) is 17.7 Å². The average Bonchev–Trinajstić information content (AvgIpc) is 3.26. The van der Waals surface area contributed by atoms with Gasteiger partial charge in [0.1, 0.15) is 12.1 Å². The number of amides is 3. The van der Waals surface area contributed by atoms with E-state index >= 15 is 0 Å². The summed E-state index contributed by atoms with van der Waals surface area (Å²) in [6, 6.07) is 6.89. The van der Waals surface area contributed by atoms with Gasteiger partial charge in [-0.3, -0.25) is 14.4 Å². The Bertz CT molecular complexity index is 939. The number of nitrogens with zero attached hydrogens (tertiary/aromatic N) is 1. The molecule has 2 aliphatic carbocycles. The minimum Gasteiger partial charge on any atom is -0.347 e. The number of fused-ring (bicyclic) bond motifs is 2. The molecule has 1 saturated carbocycles. The highest BCUT2D eigenvalue weighted by molar-refractivity contribution is 5.94. The van der Waals surface area contributed by atoms with Crippen LogP contribution in [0.3, 0.4) is 0 Å². The number of hydrogen-bond donors (Lipinski definition) is 3. The fourth-order valence-electron chi connectivity index (χ4n) is 6.27. The molecule has 3 amide bonds. The molecule has 1 aromatic rings. The molecule has 200 valence electrons. The Morgan fingerprint density at radius 2 is 1.72 bits per heavy atom. The Morgan fingerprint density at radius 3 is 2.44 bits per heavy atom. The molecule has 3 N–H and O–H groups in total. The number of hydrogen-bond acceptors (Lipinski definition) is 4. The molecular formula is C28H43ClN4O3. The maximum absolute atomic E-state index is 14.0. The first kappa shape index (κ1) is 28.5. The van der Waals surface area contributed by atoms with Crippen LogP contribution in [0.15, 0.2) is 24.3 Å². The van der Waals surface area contributed by atoms with Crippen molar-refractivity contribution in [2.45, 2.75) is 102 Å². The second kappa shape index (κ2) is 12.4. The molecule has 4 rings (SSSR count). The summed E-state index contributed by atoms with van der Waals surface area (Å²) < 4.78 is 0. The normalized spacial score (nSPS) is 26.8. The van der Waals surface area contributed by atoms with E-state index in [9.17, 15) is 14.4 Å². The van der Waals surface area contributed by atoms with Gasteiger partial charge in [-0.1, -0.05) is 51.0 Å². The highest BCUT2D eigenvalue weighted by Gasteiger charge is 2.49. The van der Waals surface area contributed by atoms with Gasteiger partial charge in [-0.2, -0.15) is 0 Å². The van der Waals surface area contributed by atoms with E-state index in [4.69, 9.17) is 0 Å². The predicted octanol–water partition coefficient (Wildman–Crippen LogP) is 3.51. The molecule has 1 saturated heterocycles. The zero-order valence-electron chi connectivity index (χ0n) is 22.1. The molecule has 0 radical (unpaired) electrons. The smallest absolute Gasteiger partial charge is 0.246 e. The van der Waals surface area contributed by atoms with Gasteiger partial charge in [0, 0.05) is 6.04 Å². The highest BCUT2D eigenvalue weighted by Crippen LogP contribution is 2.41. The first-order valence-electron chi connectivity index (χ1n) is 13.5. The minimum atomic E-state index is -0.648. The van der Waals surface area contributed by atoms with Gasteiger partial charge in [-0.15, -0.1) is 12.4 Å². The summed E-state index contributed by atoms with van der Waals surface area (Å²) in [5, 5.41) is 9.23. The van der Waals surface area contributed by atoms with E-state index < -0.39 is 18.1 Å². The molecule has 7 nitrogen and oxygen atoms in total. The molecule has 1 aliphatic heterocycles. The summed E-state index contributed by atoms with van der Waals surface area (Å²) in [6.45, 7) is 5.69. The molecule has 0 bridgehead atoms. The number of carbonyl (C=O) groups is 3. The molecule has 0 spiro atoms. The average molecular weight is 519 g/mol. The molecule has 3 aliphatic rings. The summed E-state index contributed by atoms with van der Waals surface area (Å²) in [5.41, 5.74) is 2.51. The Morgan fingerprint density at radius 1 is 1.00 bits per heavy atom. The Hall–Kier alpha value is -2.12. The van der Waals surface area contributed by atoms with Gasteiger partial charge in [0.25, 0.3) is 0 Å². The van der Waals surface area contributed by atoms with Crippen LogP contribution in [-0.2, 0) is 20.8 Å². The number of nitrogens with one attached hydrogen (secondary N) is 3. The van der Waals surface area contributed by atoms with Crippen molar-refractivity contribution in [3.05, 3.63) is 35.4 Å². The van der Waals surface area contributed by atoms with Crippen LogP contribution >= 0.6 is 12.4 Å². The van der Waals surface area contributed by atoms with Crippen LogP contribution in [0.4, 0.5) is 0 Å². The fourth-order valence-corrected chi connectivity index (χ4v) is 6.27. The van der Waals surface area contributed by atoms with Gasteiger partial charge >= 0.3 is 0 Å². The lowest BCUT2D eigenvalue weighted by Gasteiger charge is -2.37. The molecule has 1 heterocycles. The van der Waals surface area contributed by atoms with Crippen molar-refractivity contribution in [1.29, 1.82) is 0 Å². The van der Waals surface area contributed by atoms with E-state index in [0.717, 1.165) is 44.9 Å². The number of carbonyl (C=O) groups excluding carboxylic acids is 3. The maximum atomic E-state index is 14.0. The van der Waals surface area contributed by atoms with Crippen LogP contribution in [0.2, 0.25) is 0 Å². The van der Waals surface area contributed by atoms with Crippen LogP contribution < -0.4 is 16.0 Å². The zero-order chi connectivity index (χ0) is 25.1. The van der Waals surface area contributed by atoms with E-state index in [0.29, 0.717) is 12.3 Å². The van der Waals surface area contributed by atoms with E-state index in [1.807, 2.05) is 24.8 Å². The summed E-state index contributed by atoms with van der Waals surface area (Å²) >= 11 is 0. The van der Waals surface area contributed by atoms with Crippen molar-refractivity contribution in [1.82, 2.24) is 20.9 Å². The Labute approximate surface area is 221 Å². The standard InChI is InChI=1S/C28H42N4O3.ClH/c1-17(2)25(31-26(33)18(3)29-4)28(35)32-23-15-8-6-11-20(23)16-24(32)27(34)30-22-14-9-12-19-10-5-7-13-21(19)22;/h5,7,10,13,17-18,20,22-25,29H,6,8-9,11-12,14-16H2,1-4H3,(H,30,34)(H,31,33);1H. The monoisotopic (exact) mass is 518 g/mol. The Kier molecular flexibility index (Phi) is 9.81. The first-order chi connectivity index (χ1) is 16.8. The van der Waals surface area contributed by atoms with Gasteiger partial charge in [-0.05, 0) is 75.5 Å². The minimum absolute atomic E-state index is 0. The fraction of sp³-hybridized carbons (Fsp3) is 0.679. The molecule has 8 heteroatoms. The summed E-state index contributed by atoms with van der Waals surface area (Å²) in [4.78, 5) is 42.3. The third kappa shape index (κ3) is 5.88. The van der Waals surface area contributed by atoms with Crippen molar-refractivity contribution in [2.24, 2.45) is 11.8 Å². The third-order valence-electron chi connectivity index (χ3n) is 8.39. The third-order valence-corrected chi connectivity index (χ3v) is 8.39. The largest absolute Gasteiger partial charge is 0.347 e. The van der Waals surface area contributed by atoms with Crippen molar-refractivity contribution < 1.29 is 14.4 Å². The molecule has 0 aromatic heterocycles. The number of benzene rings is 1. The summed E-state index contributed by atoms with van der Waals surface area (Å²) in [5.74, 6) is -0.0881. The molecule has 6 atom stereocenters. The van der Waals surface area contributed by atoms with Crippen molar-refractivity contribution in [3.8, 4) is 0 Å². The number of rotatable bonds is 7. The summed E-state index contributed by atoms with van der Waals surface area (Å²) in [7, 11) is 1.73. The van der Waals surface area contributed by atoms with Gasteiger partial charge in [0.15, 0.2) is 0 Å². The molecule has 2 fully saturated rings. The van der Waals surface area contributed by atoms with Crippen molar-refractivity contribution >= 4 is 30.1 Å². The predicted molar refractivity (Wildman–Crippen MR) is 144 cm³/mol. The molecule has 1 aromatic carbocycles. The van der Waals surface area contributed by atoms with Crippen LogP contribution in [0.25, 0.3) is 0 Å². The van der Waals surface area contributed by atoms with Crippen LogP contribution in [0, 0.1) is 11.8 Å². The molecule has 6 unspecified atom stereocenters. The molecule has 36 heavy (non-hydrogen) atoms. The van der Waals surface area contributed by atoms with Crippen LogP contribution in [0.5, 0.6) is 0 Å². The molecular weight excluding hydrogens is 476 g/mol. The Balaban J connectivity index is 0.00000361. The lowest BCUT2D eigenvalue weighted by Crippen LogP contribution is -2.59. The second-order valence-electron chi connectivity index (χ2n) is 11.0. The lowest BCUT2D eigenvalue weighted by molar-refractivity contribution is -0.145. The van der Waals surface area contributed by atoms with Crippen molar-refractivity contribution in [2.75, 3.05) is 7.05 Å². The second-order valence-corrected chi connectivity index (χ2v) is 11.0. The zero-order valence-corrected chi connectivity index (χ0v) is 22.9. The van der Waals surface area contributed by atoms with Gasteiger partial charge in [-0.25, -0.2) is 0 Å². The number of halogens is 1.